The fourth-order valence-corrected chi connectivity index (χ4v) is 3.34. The van der Waals surface area contributed by atoms with E-state index in [1.165, 1.54) is 44.9 Å². The lowest BCUT2D eigenvalue weighted by Crippen LogP contribution is -2.52. The Bertz CT molecular complexity index is 471. The zero-order chi connectivity index (χ0) is 23.6. The molecule has 0 bridgehead atoms. The maximum absolute atomic E-state index is 12.4. The third-order valence-corrected chi connectivity index (χ3v) is 5.58. The molecule has 4 atom stereocenters. The highest BCUT2D eigenvalue weighted by molar-refractivity contribution is 5.87. The van der Waals surface area contributed by atoms with Gasteiger partial charge in [0.15, 0.2) is 6.10 Å². The van der Waals surface area contributed by atoms with E-state index in [1.807, 2.05) is 0 Å². The number of aliphatic hydroxyl groups excluding tert-OH is 3. The van der Waals surface area contributed by atoms with Crippen molar-refractivity contribution in [1.29, 1.82) is 0 Å². The highest BCUT2D eigenvalue weighted by atomic mass is 16.5. The van der Waals surface area contributed by atoms with E-state index in [9.17, 15) is 24.9 Å². The van der Waals surface area contributed by atoms with Crippen LogP contribution in [0.5, 0.6) is 0 Å². The van der Waals surface area contributed by atoms with Crippen molar-refractivity contribution in [3.05, 3.63) is 0 Å². The van der Waals surface area contributed by atoms with Gasteiger partial charge in [-0.15, -0.1) is 0 Å². The van der Waals surface area contributed by atoms with Crippen molar-refractivity contribution in [2.45, 2.75) is 129 Å². The van der Waals surface area contributed by atoms with E-state index in [-0.39, 0.29) is 12.3 Å². The number of unbranched alkanes of at least 4 members (excludes halogenated alkanes) is 9. The fourth-order valence-electron chi connectivity index (χ4n) is 3.34. The van der Waals surface area contributed by atoms with Crippen LogP contribution in [0.4, 0.5) is 0 Å². The second-order valence-electron chi connectivity index (χ2n) is 8.89. The normalized spacial score (nSPS) is 15.4. The summed E-state index contributed by atoms with van der Waals surface area (Å²) in [5, 5.41) is 31.9. The molecule has 1 amide bonds. The number of carbonyl (C=O) groups is 2. The van der Waals surface area contributed by atoms with E-state index < -0.39 is 36.2 Å². The van der Waals surface area contributed by atoms with E-state index in [0.29, 0.717) is 13.0 Å². The quantitative estimate of drug-likeness (QED) is 0.179. The van der Waals surface area contributed by atoms with Gasteiger partial charge in [0.1, 0.15) is 6.04 Å². The van der Waals surface area contributed by atoms with Crippen molar-refractivity contribution in [3.63, 3.8) is 0 Å². The Morgan fingerprint density at radius 2 is 1.35 bits per heavy atom. The van der Waals surface area contributed by atoms with E-state index >= 15 is 0 Å². The Balaban J connectivity index is 4.15. The van der Waals surface area contributed by atoms with Crippen LogP contribution in [0.25, 0.3) is 0 Å². The highest BCUT2D eigenvalue weighted by Crippen LogP contribution is 2.12. The van der Waals surface area contributed by atoms with Gasteiger partial charge in [-0.1, -0.05) is 85.5 Å². The van der Waals surface area contributed by atoms with Gasteiger partial charge in [-0.05, 0) is 18.8 Å². The molecule has 0 fully saturated rings. The van der Waals surface area contributed by atoms with Crippen molar-refractivity contribution in [3.8, 4) is 0 Å². The first-order valence-electron chi connectivity index (χ1n) is 12.3. The number of nitrogens with one attached hydrogen (secondary N) is 1. The van der Waals surface area contributed by atoms with Crippen LogP contribution in [0.3, 0.4) is 0 Å². The number of esters is 1. The van der Waals surface area contributed by atoms with Crippen molar-refractivity contribution >= 4 is 11.9 Å². The molecule has 1 unspecified atom stereocenters. The molecule has 0 rings (SSSR count). The van der Waals surface area contributed by atoms with Gasteiger partial charge in [0, 0.05) is 6.42 Å². The first-order chi connectivity index (χ1) is 14.7. The minimum Gasteiger partial charge on any atom is -0.464 e. The molecular weight excluding hydrogens is 398 g/mol. The van der Waals surface area contributed by atoms with Gasteiger partial charge in [0.05, 0.1) is 18.8 Å². The molecule has 0 spiro atoms. The molecule has 0 aliphatic carbocycles. The molecule has 0 aromatic rings. The van der Waals surface area contributed by atoms with Gasteiger partial charge in [0.2, 0.25) is 0 Å². The number of rotatable bonds is 19. The highest BCUT2D eigenvalue weighted by Gasteiger charge is 2.31. The third-order valence-electron chi connectivity index (χ3n) is 5.58. The monoisotopic (exact) mass is 445 g/mol. The molecule has 7 nitrogen and oxygen atoms in total. The summed E-state index contributed by atoms with van der Waals surface area (Å²) in [6, 6.07) is -0.895. The number of aliphatic hydroxyl groups is 3. The summed E-state index contributed by atoms with van der Waals surface area (Å²) in [6.45, 7) is 7.82. The lowest BCUT2D eigenvalue weighted by atomic mass is 10.0. The molecule has 0 heterocycles. The predicted octanol–water partition coefficient (Wildman–Crippen LogP) is 3.47. The molecule has 31 heavy (non-hydrogen) atoms. The van der Waals surface area contributed by atoms with Crippen molar-refractivity contribution < 1.29 is 29.6 Å². The summed E-state index contributed by atoms with van der Waals surface area (Å²) in [5.41, 5.74) is 0. The molecular formula is C24H47NO6. The molecule has 0 aliphatic rings. The Morgan fingerprint density at radius 3 is 1.84 bits per heavy atom. The van der Waals surface area contributed by atoms with E-state index in [0.717, 1.165) is 19.3 Å². The molecule has 0 saturated carbocycles. The number of carbonyl (C=O) groups excluding carboxylic acids is 2. The third kappa shape index (κ3) is 14.5. The summed E-state index contributed by atoms with van der Waals surface area (Å²) >= 11 is 0. The largest absolute Gasteiger partial charge is 0.464 e. The minimum atomic E-state index is -1.71. The van der Waals surface area contributed by atoms with Crippen LogP contribution < -0.4 is 5.32 Å². The molecule has 184 valence electrons. The van der Waals surface area contributed by atoms with Gasteiger partial charge in [-0.25, -0.2) is 4.79 Å². The Labute approximate surface area is 189 Å². The van der Waals surface area contributed by atoms with Crippen LogP contribution in [-0.2, 0) is 14.3 Å². The maximum atomic E-state index is 12.4. The maximum Gasteiger partial charge on any atom is 0.328 e. The SMILES string of the molecule is CCCCCCCCCCCCOC(=O)C(NC(=O)[C@H](O)[C@@H](O)C[C@H](O)CC)C(C)C. The Kier molecular flexibility index (Phi) is 17.7. The molecule has 0 radical (unpaired) electrons. The van der Waals surface area contributed by atoms with Crippen LogP contribution in [0.1, 0.15) is 105 Å². The number of ether oxygens (including phenoxy) is 1. The summed E-state index contributed by atoms with van der Waals surface area (Å²) in [6.07, 6.45) is 8.31. The number of hydrogen-bond acceptors (Lipinski definition) is 6. The minimum absolute atomic E-state index is 0.110. The predicted molar refractivity (Wildman–Crippen MR) is 123 cm³/mol. The van der Waals surface area contributed by atoms with Crippen LogP contribution in [0.15, 0.2) is 0 Å². The lowest BCUT2D eigenvalue weighted by Gasteiger charge is -2.24. The first-order valence-corrected chi connectivity index (χ1v) is 12.3. The average Bonchev–Trinajstić information content (AvgIpc) is 2.74. The zero-order valence-corrected chi connectivity index (χ0v) is 20.1. The van der Waals surface area contributed by atoms with Gasteiger partial charge < -0.3 is 25.4 Å². The van der Waals surface area contributed by atoms with E-state index in [2.05, 4.69) is 12.2 Å². The van der Waals surface area contributed by atoms with E-state index in [4.69, 9.17) is 4.74 Å². The topological polar surface area (TPSA) is 116 Å². The van der Waals surface area contributed by atoms with Crippen LogP contribution in [-0.4, -0.2) is 58.2 Å². The van der Waals surface area contributed by atoms with Crippen LogP contribution >= 0.6 is 0 Å². The average molecular weight is 446 g/mol. The molecule has 4 N–H and O–H groups in total. The van der Waals surface area contributed by atoms with Gasteiger partial charge in [0.25, 0.3) is 5.91 Å². The number of hydrogen-bond donors (Lipinski definition) is 4. The summed E-state index contributed by atoms with van der Waals surface area (Å²) in [5.74, 6) is -1.60. The second kappa shape index (κ2) is 18.4. The van der Waals surface area contributed by atoms with Crippen LogP contribution in [0, 0.1) is 5.92 Å². The molecule has 0 aromatic carbocycles. The van der Waals surface area contributed by atoms with Gasteiger partial charge in [-0.3, -0.25) is 4.79 Å². The van der Waals surface area contributed by atoms with Crippen molar-refractivity contribution in [2.75, 3.05) is 6.61 Å². The molecule has 0 aromatic heterocycles. The Morgan fingerprint density at radius 1 is 0.839 bits per heavy atom. The molecule has 0 aliphatic heterocycles. The fraction of sp³-hybridized carbons (Fsp3) is 0.917. The molecule has 0 saturated heterocycles. The second-order valence-corrected chi connectivity index (χ2v) is 8.89. The number of amides is 1. The summed E-state index contributed by atoms with van der Waals surface area (Å²) in [7, 11) is 0. The summed E-state index contributed by atoms with van der Waals surface area (Å²) < 4.78 is 5.32. The molecule has 7 heteroatoms. The van der Waals surface area contributed by atoms with Crippen molar-refractivity contribution in [1.82, 2.24) is 5.32 Å². The lowest BCUT2D eigenvalue weighted by molar-refractivity contribution is -0.151. The smallest absolute Gasteiger partial charge is 0.328 e. The van der Waals surface area contributed by atoms with E-state index in [1.54, 1.807) is 20.8 Å². The van der Waals surface area contributed by atoms with Gasteiger partial charge in [-0.2, -0.15) is 0 Å². The van der Waals surface area contributed by atoms with Gasteiger partial charge >= 0.3 is 5.97 Å². The zero-order valence-electron chi connectivity index (χ0n) is 20.1. The van der Waals surface area contributed by atoms with Crippen LogP contribution in [0.2, 0.25) is 0 Å². The van der Waals surface area contributed by atoms with Crippen molar-refractivity contribution in [2.24, 2.45) is 5.92 Å². The standard InChI is InChI=1S/C24H47NO6/c1-5-7-8-9-10-11-12-13-14-15-16-31-24(30)21(18(3)4)25-23(29)22(28)20(27)17-19(26)6-2/h18-22,26-28H,5-17H2,1-4H3,(H,25,29)/t19-,20+,21?,22-/m1/s1. The first kappa shape index (κ1) is 29.8. The summed E-state index contributed by atoms with van der Waals surface area (Å²) in [4.78, 5) is 24.6. The Hall–Kier alpha value is -1.18.